The van der Waals surface area contributed by atoms with Gasteiger partial charge < -0.3 is 10.1 Å². The Bertz CT molecular complexity index is 623. The summed E-state index contributed by atoms with van der Waals surface area (Å²) in [4.78, 5) is 0. The van der Waals surface area contributed by atoms with E-state index in [0.717, 1.165) is 5.75 Å². The maximum atomic E-state index is 5.47. The van der Waals surface area contributed by atoms with E-state index in [-0.39, 0.29) is 6.04 Å². The summed E-state index contributed by atoms with van der Waals surface area (Å²) in [5.74, 6) is 0.981. The summed E-state index contributed by atoms with van der Waals surface area (Å²) in [7, 11) is 3.75. The topological polar surface area (TPSA) is 21.3 Å². The standard InChI is InChI=1S/C19H25NO/c1-12-7-8-13(2)17(9-12)18(20-5)16-10-14(3)19(21-6)15(4)11-16/h7-11,18,20H,1-6H3. The van der Waals surface area contributed by atoms with E-state index < -0.39 is 0 Å². The predicted molar refractivity (Wildman–Crippen MR) is 89.3 cm³/mol. The Morgan fingerprint density at radius 2 is 1.52 bits per heavy atom. The van der Waals surface area contributed by atoms with Gasteiger partial charge in [-0.15, -0.1) is 0 Å². The third-order valence-corrected chi connectivity index (χ3v) is 4.05. The Labute approximate surface area is 128 Å². The van der Waals surface area contributed by atoms with Crippen molar-refractivity contribution in [2.45, 2.75) is 33.7 Å². The van der Waals surface area contributed by atoms with E-state index in [0.29, 0.717) is 0 Å². The van der Waals surface area contributed by atoms with E-state index in [9.17, 15) is 0 Å². The molecular weight excluding hydrogens is 258 g/mol. The number of hydrogen-bond acceptors (Lipinski definition) is 2. The molecule has 1 N–H and O–H groups in total. The summed E-state index contributed by atoms with van der Waals surface area (Å²) >= 11 is 0. The second kappa shape index (κ2) is 6.31. The van der Waals surface area contributed by atoms with E-state index in [4.69, 9.17) is 4.74 Å². The first kappa shape index (κ1) is 15.6. The first-order chi connectivity index (χ1) is 9.97. The fraction of sp³-hybridized carbons (Fsp3) is 0.368. The van der Waals surface area contributed by atoms with Crippen LogP contribution < -0.4 is 10.1 Å². The first-order valence-corrected chi connectivity index (χ1v) is 7.37. The molecule has 2 aromatic rings. The number of nitrogens with one attached hydrogen (secondary N) is 1. The summed E-state index contributed by atoms with van der Waals surface area (Å²) in [5.41, 5.74) is 7.57. The molecule has 0 spiro atoms. The largest absolute Gasteiger partial charge is 0.496 e. The molecule has 112 valence electrons. The van der Waals surface area contributed by atoms with E-state index in [1.54, 1.807) is 7.11 Å². The van der Waals surface area contributed by atoms with Crippen molar-refractivity contribution in [1.82, 2.24) is 5.32 Å². The Kier molecular flexibility index (Phi) is 4.69. The van der Waals surface area contributed by atoms with E-state index in [1.807, 2.05) is 7.05 Å². The van der Waals surface area contributed by atoms with Crippen molar-refractivity contribution >= 4 is 0 Å². The molecule has 0 aliphatic carbocycles. The number of aryl methyl sites for hydroxylation is 4. The Morgan fingerprint density at radius 1 is 0.905 bits per heavy atom. The van der Waals surface area contributed by atoms with Crippen LogP contribution in [0.15, 0.2) is 30.3 Å². The lowest BCUT2D eigenvalue weighted by Crippen LogP contribution is -2.19. The van der Waals surface area contributed by atoms with Crippen molar-refractivity contribution in [1.29, 1.82) is 0 Å². The lowest BCUT2D eigenvalue weighted by atomic mass is 9.91. The molecule has 1 unspecified atom stereocenters. The summed E-state index contributed by atoms with van der Waals surface area (Å²) < 4.78 is 5.47. The molecule has 0 saturated carbocycles. The van der Waals surface area contributed by atoms with Gasteiger partial charge in [0, 0.05) is 0 Å². The lowest BCUT2D eigenvalue weighted by Gasteiger charge is -2.22. The molecule has 0 aliphatic heterocycles. The van der Waals surface area contributed by atoms with Gasteiger partial charge >= 0.3 is 0 Å². The van der Waals surface area contributed by atoms with Crippen molar-refractivity contribution in [3.05, 3.63) is 63.7 Å². The van der Waals surface area contributed by atoms with Crippen LogP contribution in [-0.4, -0.2) is 14.2 Å². The normalized spacial score (nSPS) is 12.3. The van der Waals surface area contributed by atoms with E-state index >= 15 is 0 Å². The molecule has 0 heterocycles. The highest BCUT2D eigenvalue weighted by atomic mass is 16.5. The van der Waals surface area contributed by atoms with Gasteiger partial charge in [-0.3, -0.25) is 0 Å². The Morgan fingerprint density at radius 3 is 2.05 bits per heavy atom. The average Bonchev–Trinajstić information content (AvgIpc) is 2.43. The van der Waals surface area contributed by atoms with E-state index in [1.165, 1.54) is 33.4 Å². The van der Waals surface area contributed by atoms with Crippen LogP contribution in [0.5, 0.6) is 5.75 Å². The molecule has 1 atom stereocenters. The molecule has 2 heteroatoms. The molecular formula is C19H25NO. The van der Waals surface area contributed by atoms with Crippen molar-refractivity contribution in [3.8, 4) is 5.75 Å². The van der Waals surface area contributed by atoms with Gasteiger partial charge in [-0.25, -0.2) is 0 Å². The maximum absolute atomic E-state index is 5.47. The van der Waals surface area contributed by atoms with Gasteiger partial charge in [0.2, 0.25) is 0 Å². The van der Waals surface area contributed by atoms with Crippen molar-refractivity contribution in [3.63, 3.8) is 0 Å². The maximum Gasteiger partial charge on any atom is 0.124 e. The average molecular weight is 283 g/mol. The minimum absolute atomic E-state index is 0.202. The van der Waals surface area contributed by atoms with Crippen molar-refractivity contribution in [2.75, 3.05) is 14.2 Å². The number of methoxy groups -OCH3 is 1. The molecule has 0 aliphatic rings. The van der Waals surface area contributed by atoms with Gasteiger partial charge in [0.05, 0.1) is 13.2 Å². The molecule has 0 radical (unpaired) electrons. The van der Waals surface area contributed by atoms with Crippen LogP contribution in [0.25, 0.3) is 0 Å². The molecule has 0 fully saturated rings. The molecule has 0 amide bonds. The zero-order valence-electron chi connectivity index (χ0n) is 13.9. The third-order valence-electron chi connectivity index (χ3n) is 4.05. The smallest absolute Gasteiger partial charge is 0.124 e. The zero-order valence-corrected chi connectivity index (χ0v) is 13.9. The lowest BCUT2D eigenvalue weighted by molar-refractivity contribution is 0.408. The minimum Gasteiger partial charge on any atom is -0.496 e. The van der Waals surface area contributed by atoms with Crippen LogP contribution in [0.3, 0.4) is 0 Å². The van der Waals surface area contributed by atoms with Crippen LogP contribution in [-0.2, 0) is 0 Å². The quantitative estimate of drug-likeness (QED) is 0.906. The zero-order chi connectivity index (χ0) is 15.6. The first-order valence-electron chi connectivity index (χ1n) is 7.37. The molecule has 21 heavy (non-hydrogen) atoms. The van der Waals surface area contributed by atoms with Gasteiger partial charge in [0.15, 0.2) is 0 Å². The summed E-state index contributed by atoms with van der Waals surface area (Å²) in [6.45, 7) is 8.51. The van der Waals surface area contributed by atoms with Gasteiger partial charge in [0.1, 0.15) is 5.75 Å². The highest BCUT2D eigenvalue weighted by Gasteiger charge is 2.17. The Hall–Kier alpha value is -1.80. The number of rotatable bonds is 4. The van der Waals surface area contributed by atoms with Crippen LogP contribution in [0.2, 0.25) is 0 Å². The number of ether oxygens (including phenoxy) is 1. The molecule has 0 aromatic heterocycles. The van der Waals surface area contributed by atoms with E-state index in [2.05, 4.69) is 63.3 Å². The van der Waals surface area contributed by atoms with Gasteiger partial charge in [-0.05, 0) is 62.6 Å². The SMILES string of the molecule is CNC(c1cc(C)c(OC)c(C)c1)c1cc(C)ccc1C. The molecule has 2 rings (SSSR count). The van der Waals surface area contributed by atoms with Crippen molar-refractivity contribution in [2.24, 2.45) is 0 Å². The van der Waals surface area contributed by atoms with Gasteiger partial charge in [-0.1, -0.05) is 35.9 Å². The van der Waals surface area contributed by atoms with Gasteiger partial charge in [0.25, 0.3) is 0 Å². The minimum atomic E-state index is 0.202. The van der Waals surface area contributed by atoms with Crippen LogP contribution in [0.4, 0.5) is 0 Å². The number of benzene rings is 2. The summed E-state index contributed by atoms with van der Waals surface area (Å²) in [6, 6.07) is 11.3. The third kappa shape index (κ3) is 3.11. The fourth-order valence-corrected chi connectivity index (χ4v) is 3.05. The predicted octanol–water partition coefficient (Wildman–Crippen LogP) is 4.24. The molecule has 2 aromatic carbocycles. The van der Waals surface area contributed by atoms with Crippen LogP contribution >= 0.6 is 0 Å². The van der Waals surface area contributed by atoms with Crippen molar-refractivity contribution < 1.29 is 4.74 Å². The molecule has 0 saturated heterocycles. The monoisotopic (exact) mass is 283 g/mol. The number of hydrogen-bond donors (Lipinski definition) is 1. The second-order valence-corrected chi connectivity index (χ2v) is 5.77. The van der Waals surface area contributed by atoms with Crippen LogP contribution in [0, 0.1) is 27.7 Å². The highest BCUT2D eigenvalue weighted by molar-refractivity contribution is 5.47. The molecule has 0 bridgehead atoms. The van der Waals surface area contributed by atoms with Gasteiger partial charge in [-0.2, -0.15) is 0 Å². The van der Waals surface area contributed by atoms with Crippen LogP contribution in [0.1, 0.15) is 39.4 Å². The Balaban J connectivity index is 2.54. The summed E-state index contributed by atoms with van der Waals surface area (Å²) in [5, 5.41) is 3.45. The molecule has 2 nitrogen and oxygen atoms in total. The second-order valence-electron chi connectivity index (χ2n) is 5.77. The fourth-order valence-electron chi connectivity index (χ4n) is 3.05. The highest BCUT2D eigenvalue weighted by Crippen LogP contribution is 2.31. The summed E-state index contributed by atoms with van der Waals surface area (Å²) in [6.07, 6.45) is 0.